The number of nitrogens with one attached hydrogen (secondary N) is 2. The van der Waals surface area contributed by atoms with Crippen LogP contribution in [-0.2, 0) is 16.1 Å². The third-order valence-corrected chi connectivity index (χ3v) is 8.86. The molecular formula is C28H39Cl2N5O2. The van der Waals surface area contributed by atoms with Gasteiger partial charge in [0.05, 0.1) is 11.6 Å². The van der Waals surface area contributed by atoms with Gasteiger partial charge in [-0.2, -0.15) is 0 Å². The summed E-state index contributed by atoms with van der Waals surface area (Å²) in [6, 6.07) is 4.76. The highest BCUT2D eigenvalue weighted by Gasteiger charge is 2.39. The normalized spacial score (nSPS) is 20.4. The van der Waals surface area contributed by atoms with E-state index in [4.69, 9.17) is 28.6 Å². The smallest absolute Gasteiger partial charge is 0.245 e. The van der Waals surface area contributed by atoms with Crippen LogP contribution in [0, 0.1) is 11.3 Å². The minimum Gasteiger partial charge on any atom is -0.343 e. The van der Waals surface area contributed by atoms with Gasteiger partial charge in [-0.3, -0.25) is 14.5 Å². The van der Waals surface area contributed by atoms with Gasteiger partial charge in [-0.25, -0.2) is 0 Å². The maximum absolute atomic E-state index is 14.1. The Morgan fingerprint density at radius 1 is 1.14 bits per heavy atom. The predicted octanol–water partition coefficient (Wildman–Crippen LogP) is 5.34. The maximum atomic E-state index is 14.1. The molecule has 1 aliphatic heterocycles. The Bertz CT molecular complexity index is 1170. The van der Waals surface area contributed by atoms with Crippen LogP contribution in [-0.4, -0.2) is 70.7 Å². The Morgan fingerprint density at radius 3 is 2.49 bits per heavy atom. The molecule has 1 aromatic carbocycles. The van der Waals surface area contributed by atoms with E-state index in [-0.39, 0.29) is 29.8 Å². The highest BCUT2D eigenvalue weighted by molar-refractivity contribution is 6.36. The van der Waals surface area contributed by atoms with Crippen LogP contribution in [0.3, 0.4) is 0 Å². The number of likely N-dealkylation sites (tertiary alicyclic amines) is 1. The first-order valence-corrected chi connectivity index (χ1v) is 14.2. The zero-order chi connectivity index (χ0) is 26.9. The van der Waals surface area contributed by atoms with E-state index in [0.29, 0.717) is 34.5 Å². The fourth-order valence-corrected chi connectivity index (χ4v) is 6.47. The van der Waals surface area contributed by atoms with Crippen molar-refractivity contribution in [1.29, 1.82) is 5.41 Å². The average Bonchev–Trinajstić information content (AvgIpc) is 3.44. The van der Waals surface area contributed by atoms with Crippen LogP contribution in [0.5, 0.6) is 0 Å². The van der Waals surface area contributed by atoms with E-state index in [0.717, 1.165) is 49.4 Å². The first-order valence-electron chi connectivity index (χ1n) is 13.4. The van der Waals surface area contributed by atoms with Crippen molar-refractivity contribution in [2.75, 3.05) is 20.6 Å². The third-order valence-electron chi connectivity index (χ3n) is 8.23. The van der Waals surface area contributed by atoms with Gasteiger partial charge in [-0.1, -0.05) is 42.5 Å². The van der Waals surface area contributed by atoms with Crippen LogP contribution in [0.15, 0.2) is 18.2 Å². The Hall–Kier alpha value is -2.09. The average molecular weight is 549 g/mol. The number of nitrogens with zero attached hydrogens (tertiary/aromatic N) is 3. The van der Waals surface area contributed by atoms with E-state index in [9.17, 15) is 9.59 Å². The molecule has 2 fully saturated rings. The Labute approximate surface area is 230 Å². The topological polar surface area (TPSA) is 81.4 Å². The fraction of sp³-hybridized carbons (Fsp3) is 0.607. The molecule has 0 unspecified atom stereocenters. The van der Waals surface area contributed by atoms with Gasteiger partial charge in [0.2, 0.25) is 11.8 Å². The van der Waals surface area contributed by atoms with Gasteiger partial charge in [0.1, 0.15) is 11.2 Å². The lowest BCUT2D eigenvalue weighted by atomic mass is 9.83. The summed E-state index contributed by atoms with van der Waals surface area (Å²) in [5.74, 6) is 0.0750. The summed E-state index contributed by atoms with van der Waals surface area (Å²) in [4.78, 5) is 31.0. The highest BCUT2D eigenvalue weighted by Crippen LogP contribution is 2.35. The number of amides is 2. The molecule has 2 aliphatic rings. The molecule has 0 radical (unpaired) electrons. The Balaban J connectivity index is 1.62. The number of likely N-dealkylation sites (N-methyl/N-ethyl adjacent to an activating group) is 1. The third kappa shape index (κ3) is 5.84. The number of benzene rings is 1. The van der Waals surface area contributed by atoms with Gasteiger partial charge in [0.25, 0.3) is 0 Å². The monoisotopic (exact) mass is 547 g/mol. The van der Waals surface area contributed by atoms with Crippen molar-refractivity contribution in [3.05, 3.63) is 33.9 Å². The number of carbonyl (C=O) groups excluding carboxylic acids is 2. The van der Waals surface area contributed by atoms with Crippen LogP contribution in [0.2, 0.25) is 10.2 Å². The van der Waals surface area contributed by atoms with Crippen LogP contribution in [0.1, 0.15) is 64.4 Å². The summed E-state index contributed by atoms with van der Waals surface area (Å²) in [6.07, 6.45) is 7.07. The van der Waals surface area contributed by atoms with Crippen LogP contribution >= 0.6 is 23.2 Å². The molecule has 1 saturated heterocycles. The van der Waals surface area contributed by atoms with E-state index in [1.807, 2.05) is 53.6 Å². The largest absolute Gasteiger partial charge is 0.343 e. The molecule has 37 heavy (non-hydrogen) atoms. The van der Waals surface area contributed by atoms with Gasteiger partial charge in [0, 0.05) is 40.8 Å². The minimum absolute atomic E-state index is 0.0211. The van der Waals surface area contributed by atoms with Crippen molar-refractivity contribution in [2.24, 2.45) is 5.92 Å². The molecule has 2 N–H and O–H groups in total. The molecule has 3 atom stereocenters. The second-order valence-corrected chi connectivity index (χ2v) is 11.7. The molecule has 7 nitrogen and oxygen atoms in total. The van der Waals surface area contributed by atoms with Crippen LogP contribution < -0.4 is 5.32 Å². The number of hydrogen-bond acceptors (Lipinski definition) is 4. The van der Waals surface area contributed by atoms with E-state index in [2.05, 4.69) is 5.32 Å². The number of halogens is 2. The molecule has 2 amide bonds. The molecule has 2 aromatic rings. The summed E-state index contributed by atoms with van der Waals surface area (Å²) in [5, 5.41) is 13.4. The van der Waals surface area contributed by atoms with E-state index in [1.165, 1.54) is 6.42 Å². The van der Waals surface area contributed by atoms with Crippen LogP contribution in [0.4, 0.5) is 0 Å². The fourth-order valence-electron chi connectivity index (χ4n) is 5.89. The lowest BCUT2D eigenvalue weighted by Crippen LogP contribution is -2.56. The maximum Gasteiger partial charge on any atom is 0.245 e. The summed E-state index contributed by atoms with van der Waals surface area (Å²) in [5.41, 5.74) is 1.97. The number of hydrogen-bond donors (Lipinski definition) is 2. The summed E-state index contributed by atoms with van der Waals surface area (Å²) >= 11 is 13.1. The first kappa shape index (κ1) is 27.9. The number of aromatic nitrogens is 1. The van der Waals surface area contributed by atoms with Gasteiger partial charge in [-0.15, -0.1) is 0 Å². The zero-order valence-corrected chi connectivity index (χ0v) is 23.8. The number of carbonyl (C=O) groups is 2. The minimum atomic E-state index is -0.508. The lowest BCUT2D eigenvalue weighted by Gasteiger charge is -2.36. The van der Waals surface area contributed by atoms with E-state index >= 15 is 0 Å². The summed E-state index contributed by atoms with van der Waals surface area (Å²) in [7, 11) is 3.75. The van der Waals surface area contributed by atoms with Gasteiger partial charge in [0.15, 0.2) is 0 Å². The number of fused-ring (bicyclic) bond motifs is 1. The second kappa shape index (κ2) is 11.7. The van der Waals surface area contributed by atoms with Crippen molar-refractivity contribution in [1.82, 2.24) is 19.7 Å². The molecule has 0 bridgehead atoms. The van der Waals surface area contributed by atoms with Crippen molar-refractivity contribution in [3.8, 4) is 0 Å². The molecule has 1 saturated carbocycles. The summed E-state index contributed by atoms with van der Waals surface area (Å²) < 4.78 is 2.01. The highest BCUT2D eigenvalue weighted by atomic mass is 35.5. The zero-order valence-electron chi connectivity index (χ0n) is 22.3. The quantitative estimate of drug-likeness (QED) is 0.437. The molecular weight excluding hydrogens is 509 g/mol. The molecule has 2 heterocycles. The van der Waals surface area contributed by atoms with Crippen molar-refractivity contribution in [3.63, 3.8) is 0 Å². The molecule has 1 aliphatic carbocycles. The first-order chi connectivity index (χ1) is 17.6. The van der Waals surface area contributed by atoms with Crippen molar-refractivity contribution in [2.45, 2.75) is 83.5 Å². The molecule has 0 spiro atoms. The molecule has 4 rings (SSSR count). The molecule has 9 heteroatoms. The van der Waals surface area contributed by atoms with Gasteiger partial charge in [-0.05, 0) is 77.7 Å². The van der Waals surface area contributed by atoms with Crippen molar-refractivity contribution < 1.29 is 9.59 Å². The lowest BCUT2D eigenvalue weighted by molar-refractivity contribution is -0.140. The predicted molar refractivity (Wildman–Crippen MR) is 151 cm³/mol. The van der Waals surface area contributed by atoms with Crippen LogP contribution in [0.25, 0.3) is 10.9 Å². The SMILES string of the molecule is CC(=N)c1c(Cl)n(C[C@@H]2CCCN2C(=O)[C@@H](NC(=O)[C@H](C)N(C)C)C2CCCCC2)c2ccc(Cl)cc12. The molecule has 1 aromatic heterocycles. The van der Waals surface area contributed by atoms with E-state index < -0.39 is 6.04 Å². The second-order valence-electron chi connectivity index (χ2n) is 10.9. The Morgan fingerprint density at radius 2 is 1.84 bits per heavy atom. The Kier molecular flexibility index (Phi) is 8.87. The molecule has 202 valence electrons. The number of rotatable bonds is 8. The summed E-state index contributed by atoms with van der Waals surface area (Å²) in [6.45, 7) is 4.80. The van der Waals surface area contributed by atoms with E-state index in [1.54, 1.807) is 6.92 Å². The van der Waals surface area contributed by atoms with Gasteiger partial charge < -0.3 is 20.2 Å². The standard InChI is InChI=1S/C28H39Cl2N5O2/c1-17(31)24-22-15-20(29)12-13-23(22)35(26(24)30)16-21-11-8-14-34(21)28(37)25(19-9-6-5-7-10-19)32-27(36)18(2)33(3)4/h12-13,15,18-19,21,25,31H,5-11,14,16H2,1-4H3,(H,32,36)/t18-,21-,25-/m0/s1. The van der Waals surface area contributed by atoms with Gasteiger partial charge >= 0.3 is 0 Å². The van der Waals surface area contributed by atoms with Crippen molar-refractivity contribution >= 4 is 51.6 Å².